The Kier molecular flexibility index (Phi) is 10.5. The summed E-state index contributed by atoms with van der Waals surface area (Å²) in [5.74, 6) is 0. The molecule has 0 aliphatic heterocycles. The summed E-state index contributed by atoms with van der Waals surface area (Å²) in [7, 11) is 2.00. The van der Waals surface area contributed by atoms with Crippen LogP contribution in [0, 0.1) is 0 Å². The summed E-state index contributed by atoms with van der Waals surface area (Å²) in [4.78, 5) is 0. The van der Waals surface area contributed by atoms with Gasteiger partial charge in [-0.3, -0.25) is 0 Å². The molecule has 1 saturated carbocycles. The standard InChI is InChI=1S/C27H39NO3/c1-3-4-5-6-13-18-29-27-25(31-21-23-16-11-8-12-17-23)19-24(26(27)28-2)30-20-22-14-9-7-10-15-22/h7-12,14-17,24-28H,3-6,13,18-21H2,1-2H3/t24-,25+,26+,27+/m0/s1. The Morgan fingerprint density at radius 3 is 1.90 bits per heavy atom. The van der Waals surface area contributed by atoms with Crippen LogP contribution in [0.2, 0.25) is 0 Å². The number of likely N-dealkylation sites (N-methyl/N-ethyl adjacent to an activating group) is 1. The minimum Gasteiger partial charge on any atom is -0.374 e. The van der Waals surface area contributed by atoms with E-state index >= 15 is 0 Å². The van der Waals surface area contributed by atoms with Crippen LogP contribution in [-0.2, 0) is 27.4 Å². The van der Waals surface area contributed by atoms with Crippen molar-refractivity contribution in [3.8, 4) is 0 Å². The number of benzene rings is 2. The SMILES string of the molecule is CCCCCCCO[C@H]1[C@H](NC)[C@@H](OCc2ccccc2)C[C@H]1OCc1ccccc1. The molecular formula is C27H39NO3. The second-order valence-corrected chi connectivity index (χ2v) is 8.47. The molecule has 4 nitrogen and oxygen atoms in total. The van der Waals surface area contributed by atoms with Crippen LogP contribution in [0.15, 0.2) is 60.7 Å². The van der Waals surface area contributed by atoms with Gasteiger partial charge in [0.15, 0.2) is 0 Å². The van der Waals surface area contributed by atoms with E-state index in [2.05, 4.69) is 60.8 Å². The highest BCUT2D eigenvalue weighted by Gasteiger charge is 2.44. The average molecular weight is 426 g/mol. The predicted octanol–water partition coefficient (Wildman–Crippen LogP) is 5.50. The second kappa shape index (κ2) is 13.6. The van der Waals surface area contributed by atoms with Crippen molar-refractivity contribution in [1.29, 1.82) is 0 Å². The topological polar surface area (TPSA) is 39.7 Å². The Morgan fingerprint density at radius 1 is 0.742 bits per heavy atom. The summed E-state index contributed by atoms with van der Waals surface area (Å²) in [6.07, 6.45) is 7.12. The molecule has 1 N–H and O–H groups in total. The van der Waals surface area contributed by atoms with Gasteiger partial charge in [-0.2, -0.15) is 0 Å². The van der Waals surface area contributed by atoms with Gasteiger partial charge in [-0.05, 0) is 24.6 Å². The third-order valence-corrected chi connectivity index (χ3v) is 6.09. The summed E-state index contributed by atoms with van der Waals surface area (Å²) < 4.78 is 19.1. The Bertz CT molecular complexity index is 709. The molecule has 0 amide bonds. The predicted molar refractivity (Wildman–Crippen MR) is 126 cm³/mol. The van der Waals surface area contributed by atoms with E-state index in [4.69, 9.17) is 14.2 Å². The maximum absolute atomic E-state index is 6.40. The smallest absolute Gasteiger partial charge is 0.101 e. The minimum atomic E-state index is 0.000612. The molecule has 4 heteroatoms. The molecule has 0 unspecified atom stereocenters. The van der Waals surface area contributed by atoms with Crippen molar-refractivity contribution in [3.05, 3.63) is 71.8 Å². The maximum Gasteiger partial charge on any atom is 0.101 e. The van der Waals surface area contributed by atoms with Crippen LogP contribution in [-0.4, -0.2) is 38.0 Å². The lowest BCUT2D eigenvalue weighted by Gasteiger charge is -2.27. The first-order valence-corrected chi connectivity index (χ1v) is 11.9. The van der Waals surface area contributed by atoms with Gasteiger partial charge in [0, 0.05) is 13.0 Å². The molecule has 0 heterocycles. The number of hydrogen-bond donors (Lipinski definition) is 1. The molecule has 0 bridgehead atoms. The molecule has 0 saturated heterocycles. The third kappa shape index (κ3) is 7.73. The largest absolute Gasteiger partial charge is 0.374 e. The summed E-state index contributed by atoms with van der Waals surface area (Å²) in [5.41, 5.74) is 2.38. The molecule has 1 aliphatic rings. The number of nitrogens with one attached hydrogen (secondary N) is 1. The highest BCUT2D eigenvalue weighted by molar-refractivity contribution is 5.14. The van der Waals surface area contributed by atoms with E-state index in [0.717, 1.165) is 19.4 Å². The molecule has 31 heavy (non-hydrogen) atoms. The Labute approximate surface area is 188 Å². The van der Waals surface area contributed by atoms with Crippen LogP contribution in [0.5, 0.6) is 0 Å². The van der Waals surface area contributed by atoms with Crippen molar-refractivity contribution >= 4 is 0 Å². The van der Waals surface area contributed by atoms with Gasteiger partial charge in [0.2, 0.25) is 0 Å². The molecule has 0 radical (unpaired) electrons. The fourth-order valence-electron chi connectivity index (χ4n) is 4.33. The molecule has 2 aromatic carbocycles. The monoisotopic (exact) mass is 425 g/mol. The lowest BCUT2D eigenvalue weighted by molar-refractivity contribution is -0.0715. The van der Waals surface area contributed by atoms with Crippen LogP contribution in [0.25, 0.3) is 0 Å². The average Bonchev–Trinajstić information content (AvgIpc) is 3.16. The normalized spacial score (nSPS) is 23.3. The number of rotatable bonds is 14. The van der Waals surface area contributed by atoms with E-state index in [1.165, 1.54) is 36.8 Å². The first kappa shape index (κ1) is 23.9. The van der Waals surface area contributed by atoms with Gasteiger partial charge in [-0.1, -0.05) is 93.3 Å². The molecule has 0 spiro atoms. The van der Waals surface area contributed by atoms with E-state index in [1.54, 1.807) is 0 Å². The van der Waals surface area contributed by atoms with Gasteiger partial charge in [0.1, 0.15) is 6.10 Å². The Balaban J connectivity index is 1.58. The molecule has 3 rings (SSSR count). The van der Waals surface area contributed by atoms with Crippen LogP contribution in [0.3, 0.4) is 0 Å². The van der Waals surface area contributed by atoms with Gasteiger partial charge in [0.05, 0.1) is 31.5 Å². The van der Waals surface area contributed by atoms with Gasteiger partial charge in [-0.15, -0.1) is 0 Å². The summed E-state index contributed by atoms with van der Waals surface area (Å²) in [6, 6.07) is 20.8. The molecule has 1 fully saturated rings. The van der Waals surface area contributed by atoms with Crippen molar-refractivity contribution in [2.75, 3.05) is 13.7 Å². The van der Waals surface area contributed by atoms with Gasteiger partial charge in [-0.25, -0.2) is 0 Å². The molecular weight excluding hydrogens is 386 g/mol. The first-order chi connectivity index (χ1) is 15.3. The van der Waals surface area contributed by atoms with Crippen molar-refractivity contribution in [1.82, 2.24) is 5.32 Å². The van der Waals surface area contributed by atoms with Gasteiger partial charge < -0.3 is 19.5 Å². The summed E-state index contributed by atoms with van der Waals surface area (Å²) >= 11 is 0. The molecule has 0 aromatic heterocycles. The maximum atomic E-state index is 6.40. The quantitative estimate of drug-likeness (QED) is 0.406. The Morgan fingerprint density at radius 2 is 1.32 bits per heavy atom. The first-order valence-electron chi connectivity index (χ1n) is 11.9. The van der Waals surface area contributed by atoms with Gasteiger partial charge >= 0.3 is 0 Å². The second-order valence-electron chi connectivity index (χ2n) is 8.47. The van der Waals surface area contributed by atoms with Crippen LogP contribution >= 0.6 is 0 Å². The summed E-state index contributed by atoms with van der Waals surface area (Å²) in [5, 5.41) is 3.46. The molecule has 170 valence electrons. The van der Waals surface area contributed by atoms with Crippen LogP contribution in [0.4, 0.5) is 0 Å². The number of hydrogen-bond acceptors (Lipinski definition) is 4. The highest BCUT2D eigenvalue weighted by atomic mass is 16.6. The van der Waals surface area contributed by atoms with Crippen LogP contribution in [0.1, 0.15) is 56.6 Å². The fraction of sp³-hybridized carbons (Fsp3) is 0.556. The van der Waals surface area contributed by atoms with Crippen molar-refractivity contribution < 1.29 is 14.2 Å². The highest BCUT2D eigenvalue weighted by Crippen LogP contribution is 2.30. The number of ether oxygens (including phenoxy) is 3. The van der Waals surface area contributed by atoms with Crippen LogP contribution < -0.4 is 5.32 Å². The summed E-state index contributed by atoms with van der Waals surface area (Å²) in [6.45, 7) is 4.24. The Hall–Kier alpha value is -1.72. The van der Waals surface area contributed by atoms with E-state index in [9.17, 15) is 0 Å². The van der Waals surface area contributed by atoms with E-state index in [0.29, 0.717) is 13.2 Å². The number of unbranched alkanes of at least 4 members (excludes halogenated alkanes) is 4. The van der Waals surface area contributed by atoms with Gasteiger partial charge in [0.25, 0.3) is 0 Å². The van der Waals surface area contributed by atoms with E-state index in [-0.39, 0.29) is 24.4 Å². The van der Waals surface area contributed by atoms with E-state index in [1.807, 2.05) is 19.2 Å². The molecule has 1 aliphatic carbocycles. The molecule has 2 aromatic rings. The third-order valence-electron chi connectivity index (χ3n) is 6.09. The zero-order valence-electron chi connectivity index (χ0n) is 19.2. The lowest BCUT2D eigenvalue weighted by Crippen LogP contribution is -2.45. The van der Waals surface area contributed by atoms with E-state index < -0.39 is 0 Å². The zero-order valence-corrected chi connectivity index (χ0v) is 19.2. The minimum absolute atomic E-state index is 0.000612. The van der Waals surface area contributed by atoms with Crippen molar-refractivity contribution in [2.24, 2.45) is 0 Å². The lowest BCUT2D eigenvalue weighted by atomic mass is 10.1. The van der Waals surface area contributed by atoms with Crippen molar-refractivity contribution in [2.45, 2.75) is 83.0 Å². The zero-order chi connectivity index (χ0) is 21.7. The molecule has 4 atom stereocenters. The fourth-order valence-corrected chi connectivity index (χ4v) is 4.33. The van der Waals surface area contributed by atoms with Crippen molar-refractivity contribution in [3.63, 3.8) is 0 Å².